The highest BCUT2D eigenvalue weighted by Crippen LogP contribution is 2.32. The molecule has 0 bridgehead atoms. The molecule has 2 amide bonds. The van der Waals surface area contributed by atoms with Gasteiger partial charge in [0.1, 0.15) is 10.9 Å². The molecule has 0 aromatic heterocycles. The van der Waals surface area contributed by atoms with Gasteiger partial charge in [-0.15, -0.1) is 0 Å². The predicted molar refractivity (Wildman–Crippen MR) is 111 cm³/mol. The lowest BCUT2D eigenvalue weighted by Crippen LogP contribution is -2.36. The normalized spacial score (nSPS) is 15.6. The summed E-state index contributed by atoms with van der Waals surface area (Å²) in [5.41, 5.74) is 2.68. The summed E-state index contributed by atoms with van der Waals surface area (Å²) in [6.45, 7) is 1.88. The van der Waals surface area contributed by atoms with Crippen molar-refractivity contribution < 1.29 is 9.59 Å². The molecule has 0 saturated carbocycles. The lowest BCUT2D eigenvalue weighted by Gasteiger charge is -2.14. The van der Waals surface area contributed by atoms with Crippen molar-refractivity contribution in [1.29, 1.82) is 0 Å². The molecule has 0 radical (unpaired) electrons. The molecule has 0 atom stereocenters. The molecule has 0 aliphatic carbocycles. The first kappa shape index (κ1) is 18.6. The Labute approximate surface area is 166 Å². The van der Waals surface area contributed by atoms with Crippen LogP contribution in [0, 0.1) is 6.92 Å². The van der Waals surface area contributed by atoms with Gasteiger partial charge in [-0.05, 0) is 42.8 Å². The van der Waals surface area contributed by atoms with E-state index in [1.54, 1.807) is 30.3 Å². The molecule has 3 rings (SSSR count). The first-order valence-corrected chi connectivity index (χ1v) is 9.40. The topological polar surface area (TPSA) is 49.4 Å². The first-order chi connectivity index (χ1) is 12.4. The van der Waals surface area contributed by atoms with E-state index in [1.165, 1.54) is 16.7 Å². The van der Waals surface area contributed by atoms with Crippen molar-refractivity contribution in [3.63, 3.8) is 0 Å². The fourth-order valence-corrected chi connectivity index (χ4v) is 3.71. The second kappa shape index (κ2) is 8.03. The summed E-state index contributed by atoms with van der Waals surface area (Å²) < 4.78 is 0.375. The van der Waals surface area contributed by atoms with Crippen LogP contribution in [0.1, 0.15) is 11.1 Å². The highest BCUT2D eigenvalue weighted by atomic mass is 35.5. The highest BCUT2D eigenvalue weighted by molar-refractivity contribution is 8.26. The maximum Gasteiger partial charge on any atom is 0.266 e. The van der Waals surface area contributed by atoms with Crippen molar-refractivity contribution in [2.24, 2.45) is 0 Å². The van der Waals surface area contributed by atoms with E-state index in [1.807, 2.05) is 31.2 Å². The van der Waals surface area contributed by atoms with Gasteiger partial charge in [-0.3, -0.25) is 14.5 Å². The number of nitrogens with zero attached hydrogens (tertiary/aromatic N) is 1. The van der Waals surface area contributed by atoms with Gasteiger partial charge in [0.15, 0.2) is 0 Å². The molecular weight excluding hydrogens is 388 g/mol. The summed E-state index contributed by atoms with van der Waals surface area (Å²) in [6.07, 6.45) is 1.79. The number of aryl methyl sites for hydroxylation is 1. The minimum absolute atomic E-state index is 0.126. The lowest BCUT2D eigenvalue weighted by atomic mass is 10.1. The summed E-state index contributed by atoms with van der Waals surface area (Å²) in [6, 6.07) is 14.6. The maximum absolute atomic E-state index is 12.6. The third kappa shape index (κ3) is 4.52. The molecule has 132 valence electrons. The summed E-state index contributed by atoms with van der Waals surface area (Å²) in [5.74, 6) is -0.577. The average molecular weight is 403 g/mol. The molecule has 4 nitrogen and oxygen atoms in total. The second-order valence-electron chi connectivity index (χ2n) is 5.73. The van der Waals surface area contributed by atoms with Gasteiger partial charge in [-0.2, -0.15) is 0 Å². The summed E-state index contributed by atoms with van der Waals surface area (Å²) in [4.78, 5) is 26.6. The number of nitrogens with one attached hydrogen (secondary N) is 1. The number of hydrogen-bond donors (Lipinski definition) is 1. The van der Waals surface area contributed by atoms with Gasteiger partial charge in [0.05, 0.1) is 4.91 Å². The molecule has 1 fully saturated rings. The predicted octanol–water partition coefficient (Wildman–Crippen LogP) is 4.49. The van der Waals surface area contributed by atoms with Crippen LogP contribution in [-0.4, -0.2) is 27.6 Å². The maximum atomic E-state index is 12.6. The smallest absolute Gasteiger partial charge is 0.266 e. The number of anilines is 1. The number of thioether (sulfide) groups is 1. The van der Waals surface area contributed by atoms with Crippen molar-refractivity contribution in [3.8, 4) is 0 Å². The van der Waals surface area contributed by atoms with E-state index in [4.69, 9.17) is 23.8 Å². The number of rotatable bonds is 4. The van der Waals surface area contributed by atoms with Crippen LogP contribution < -0.4 is 5.32 Å². The van der Waals surface area contributed by atoms with Crippen molar-refractivity contribution >= 4 is 63.5 Å². The first-order valence-electron chi connectivity index (χ1n) is 7.80. The molecule has 1 saturated heterocycles. The zero-order valence-corrected chi connectivity index (χ0v) is 16.3. The molecule has 1 aliphatic rings. The molecule has 0 unspecified atom stereocenters. The zero-order valence-electron chi connectivity index (χ0n) is 13.9. The van der Waals surface area contributed by atoms with Crippen LogP contribution in [0.3, 0.4) is 0 Å². The largest absolute Gasteiger partial charge is 0.325 e. The molecule has 7 heteroatoms. The number of halogens is 1. The van der Waals surface area contributed by atoms with Crippen LogP contribution in [0.15, 0.2) is 53.4 Å². The van der Waals surface area contributed by atoms with Crippen molar-refractivity contribution in [2.45, 2.75) is 6.92 Å². The summed E-state index contributed by atoms with van der Waals surface area (Å²) in [7, 11) is 0. The van der Waals surface area contributed by atoms with Gasteiger partial charge >= 0.3 is 0 Å². The molecule has 2 aromatic carbocycles. The Balaban J connectivity index is 1.67. The van der Waals surface area contributed by atoms with E-state index < -0.39 is 0 Å². The number of thiocarbonyl (C=S) groups is 1. The third-order valence-corrected chi connectivity index (χ3v) is 5.31. The highest BCUT2D eigenvalue weighted by Gasteiger charge is 2.33. The van der Waals surface area contributed by atoms with E-state index in [9.17, 15) is 9.59 Å². The van der Waals surface area contributed by atoms with E-state index in [0.29, 0.717) is 19.9 Å². The number of amides is 2. The van der Waals surface area contributed by atoms with Crippen molar-refractivity contribution in [2.75, 3.05) is 11.9 Å². The zero-order chi connectivity index (χ0) is 18.7. The summed E-state index contributed by atoms with van der Waals surface area (Å²) in [5, 5.41) is 3.31. The van der Waals surface area contributed by atoms with E-state index in [0.717, 1.165) is 11.1 Å². The van der Waals surface area contributed by atoms with Crippen LogP contribution in [0.5, 0.6) is 0 Å². The Morgan fingerprint density at radius 2 is 1.85 bits per heavy atom. The van der Waals surface area contributed by atoms with Gasteiger partial charge in [0.25, 0.3) is 5.91 Å². The minimum Gasteiger partial charge on any atom is -0.325 e. The van der Waals surface area contributed by atoms with Crippen molar-refractivity contribution in [1.82, 2.24) is 4.90 Å². The standard InChI is InChI=1S/C19H15ClN2O2S2/c1-12-2-4-13(5-3-12)10-16-18(24)22(19(25)26-16)11-17(23)21-15-8-6-14(20)7-9-15/h2-10H,11H2,1H3,(H,21,23)/b16-10+. The molecule has 26 heavy (non-hydrogen) atoms. The van der Waals surface area contributed by atoms with Gasteiger partial charge in [-0.1, -0.05) is 65.4 Å². The molecular formula is C19H15ClN2O2S2. The summed E-state index contributed by atoms with van der Waals surface area (Å²) >= 11 is 12.3. The number of benzene rings is 2. The van der Waals surface area contributed by atoms with Gasteiger partial charge in [0, 0.05) is 10.7 Å². The Hall–Kier alpha value is -2.15. The van der Waals surface area contributed by atoms with Gasteiger partial charge in [-0.25, -0.2) is 0 Å². The van der Waals surface area contributed by atoms with Crippen LogP contribution >= 0.6 is 35.6 Å². The number of hydrogen-bond acceptors (Lipinski definition) is 4. The Bertz CT molecular complexity index is 893. The molecule has 2 aromatic rings. The minimum atomic E-state index is -0.319. The fourth-order valence-electron chi connectivity index (χ4n) is 2.33. The average Bonchev–Trinajstić information content (AvgIpc) is 2.86. The number of carbonyl (C=O) groups excluding carboxylic acids is 2. The van der Waals surface area contributed by atoms with Crippen LogP contribution in [0.25, 0.3) is 6.08 Å². The quantitative estimate of drug-likeness (QED) is 0.604. The van der Waals surface area contributed by atoms with Gasteiger partial charge in [0.2, 0.25) is 5.91 Å². The lowest BCUT2D eigenvalue weighted by molar-refractivity contribution is -0.126. The second-order valence-corrected chi connectivity index (χ2v) is 7.85. The van der Waals surface area contributed by atoms with Crippen LogP contribution in [-0.2, 0) is 9.59 Å². The van der Waals surface area contributed by atoms with E-state index in [-0.39, 0.29) is 18.4 Å². The third-order valence-electron chi connectivity index (χ3n) is 3.68. The molecule has 0 spiro atoms. The Morgan fingerprint density at radius 1 is 1.19 bits per heavy atom. The Morgan fingerprint density at radius 3 is 2.50 bits per heavy atom. The molecule has 1 aliphatic heterocycles. The Kier molecular flexibility index (Phi) is 5.76. The SMILES string of the molecule is Cc1ccc(/C=C2/SC(=S)N(CC(=O)Nc3ccc(Cl)cc3)C2=O)cc1. The van der Waals surface area contributed by atoms with Crippen LogP contribution in [0.4, 0.5) is 5.69 Å². The monoisotopic (exact) mass is 402 g/mol. The fraction of sp³-hybridized carbons (Fsp3) is 0.105. The van der Waals surface area contributed by atoms with Crippen molar-refractivity contribution in [3.05, 3.63) is 69.6 Å². The van der Waals surface area contributed by atoms with E-state index in [2.05, 4.69) is 5.32 Å². The molecule has 1 heterocycles. The number of carbonyl (C=O) groups is 2. The van der Waals surface area contributed by atoms with E-state index >= 15 is 0 Å². The van der Waals surface area contributed by atoms with Crippen LogP contribution in [0.2, 0.25) is 5.02 Å². The molecule has 1 N–H and O–H groups in total. The van der Waals surface area contributed by atoms with Gasteiger partial charge < -0.3 is 5.32 Å².